The molecule has 0 atom stereocenters. The summed E-state index contributed by atoms with van der Waals surface area (Å²) in [7, 11) is 3.76. The van der Waals surface area contributed by atoms with Gasteiger partial charge in [0.2, 0.25) is 5.69 Å². The minimum absolute atomic E-state index is 0.884. The number of allylic oxidation sites excluding steroid dienone is 1. The molecule has 2 nitrogen and oxygen atoms in total. The summed E-state index contributed by atoms with van der Waals surface area (Å²) in [5.74, 6) is 0.884. The van der Waals surface area contributed by atoms with Crippen molar-refractivity contribution in [2.75, 3.05) is 14.2 Å². The van der Waals surface area contributed by atoms with Crippen LogP contribution in [0.4, 0.5) is 5.69 Å². The van der Waals surface area contributed by atoms with E-state index in [2.05, 4.69) is 60.3 Å². The molecule has 0 radical (unpaired) electrons. The van der Waals surface area contributed by atoms with Crippen LogP contribution in [0.15, 0.2) is 48.5 Å². The van der Waals surface area contributed by atoms with Crippen molar-refractivity contribution in [3.8, 4) is 5.75 Å². The van der Waals surface area contributed by atoms with Gasteiger partial charge in [-0.15, -0.1) is 0 Å². The lowest BCUT2D eigenvalue weighted by Gasteiger charge is -2.00. The van der Waals surface area contributed by atoms with E-state index in [1.165, 1.54) is 22.4 Å². The molecule has 0 aliphatic carbocycles. The van der Waals surface area contributed by atoms with Crippen molar-refractivity contribution >= 4 is 23.6 Å². The second-order valence-corrected chi connectivity index (χ2v) is 4.63. The number of nitrogens with zero attached hydrogens (tertiary/aromatic N) is 1. The zero-order valence-corrected chi connectivity index (χ0v) is 11.1. The van der Waals surface area contributed by atoms with Crippen molar-refractivity contribution in [3.05, 3.63) is 59.7 Å². The Morgan fingerprint density at radius 3 is 2.47 bits per heavy atom. The minimum atomic E-state index is 0.884. The summed E-state index contributed by atoms with van der Waals surface area (Å²) in [6.07, 6.45) is 4.36. The quantitative estimate of drug-likeness (QED) is 0.742. The zero-order valence-electron chi connectivity index (χ0n) is 11.1. The maximum absolute atomic E-state index is 5.18. The molecule has 3 rings (SSSR count). The first kappa shape index (κ1) is 11.7. The van der Waals surface area contributed by atoms with Gasteiger partial charge in [-0.3, -0.25) is 0 Å². The summed E-state index contributed by atoms with van der Waals surface area (Å²) in [6, 6.07) is 16.5. The first-order valence-corrected chi connectivity index (χ1v) is 6.31. The summed E-state index contributed by atoms with van der Waals surface area (Å²) in [4.78, 5) is 0. The molecule has 0 N–H and O–H groups in total. The van der Waals surface area contributed by atoms with E-state index < -0.39 is 0 Å². The number of hydrogen-bond acceptors (Lipinski definition) is 1. The molecule has 19 heavy (non-hydrogen) atoms. The molecule has 0 saturated heterocycles. The molecule has 0 amide bonds. The van der Waals surface area contributed by atoms with E-state index in [1.807, 2.05) is 12.1 Å². The van der Waals surface area contributed by atoms with Gasteiger partial charge < -0.3 is 4.74 Å². The van der Waals surface area contributed by atoms with Crippen LogP contribution in [0.1, 0.15) is 11.1 Å². The van der Waals surface area contributed by atoms with Crippen molar-refractivity contribution < 1.29 is 9.31 Å². The Labute approximate surface area is 113 Å². The maximum Gasteiger partial charge on any atom is 0.213 e. The molecular formula is C17H16NO+. The number of ether oxygens (including phenoxy) is 1. The Kier molecular flexibility index (Phi) is 2.92. The van der Waals surface area contributed by atoms with Crippen LogP contribution < -0.4 is 4.74 Å². The maximum atomic E-state index is 5.18. The normalized spacial score (nSPS) is 15.3. The topological polar surface area (TPSA) is 12.2 Å². The molecule has 0 fully saturated rings. The van der Waals surface area contributed by atoms with Crippen molar-refractivity contribution in [3.63, 3.8) is 0 Å². The number of methoxy groups -OCH3 is 1. The van der Waals surface area contributed by atoms with Gasteiger partial charge in [-0.05, 0) is 29.8 Å². The van der Waals surface area contributed by atoms with Crippen LogP contribution in [-0.2, 0) is 0 Å². The second-order valence-electron chi connectivity index (χ2n) is 4.63. The van der Waals surface area contributed by atoms with Crippen molar-refractivity contribution in [2.45, 2.75) is 0 Å². The van der Waals surface area contributed by atoms with E-state index in [1.54, 1.807) is 7.11 Å². The van der Waals surface area contributed by atoms with Gasteiger partial charge >= 0.3 is 0 Å². The van der Waals surface area contributed by atoms with Gasteiger partial charge in [0.05, 0.1) is 18.2 Å². The number of rotatable bonds is 2. The molecule has 0 bridgehead atoms. The first-order valence-electron chi connectivity index (χ1n) is 6.31. The van der Waals surface area contributed by atoms with Gasteiger partial charge in [0.25, 0.3) is 0 Å². The Morgan fingerprint density at radius 1 is 1.00 bits per heavy atom. The smallest absolute Gasteiger partial charge is 0.213 e. The standard InChI is InChI=1S/C17H16NO/c1-18-12-14(16-5-3-4-6-17(16)18)11-13-7-9-15(19-2)10-8-13/h3-12H,1-2H3/q+1/b14-11+. The van der Waals surface area contributed by atoms with Crippen LogP contribution in [0, 0.1) is 0 Å². The van der Waals surface area contributed by atoms with Gasteiger partial charge in [-0.25, -0.2) is 4.58 Å². The molecule has 0 saturated carbocycles. The van der Waals surface area contributed by atoms with E-state index in [9.17, 15) is 0 Å². The van der Waals surface area contributed by atoms with E-state index in [4.69, 9.17) is 4.74 Å². The molecule has 1 aliphatic rings. The molecule has 0 spiro atoms. The van der Waals surface area contributed by atoms with E-state index in [-0.39, 0.29) is 0 Å². The second kappa shape index (κ2) is 4.73. The SMILES string of the molecule is COc1ccc(/C=C2\C=[N+](C)c3ccccc32)cc1. The lowest BCUT2D eigenvalue weighted by atomic mass is 10.0. The highest BCUT2D eigenvalue weighted by Crippen LogP contribution is 2.31. The van der Waals surface area contributed by atoms with Crippen LogP contribution in [0.2, 0.25) is 0 Å². The van der Waals surface area contributed by atoms with Gasteiger partial charge in [-0.1, -0.05) is 24.3 Å². The highest BCUT2D eigenvalue weighted by Gasteiger charge is 2.21. The van der Waals surface area contributed by atoms with Crippen molar-refractivity contribution in [2.24, 2.45) is 0 Å². The van der Waals surface area contributed by atoms with E-state index >= 15 is 0 Å². The molecule has 2 aromatic carbocycles. The lowest BCUT2D eigenvalue weighted by molar-refractivity contribution is -0.395. The van der Waals surface area contributed by atoms with Crippen molar-refractivity contribution in [1.29, 1.82) is 0 Å². The lowest BCUT2D eigenvalue weighted by Crippen LogP contribution is -1.91. The van der Waals surface area contributed by atoms with Crippen LogP contribution in [0.25, 0.3) is 11.6 Å². The fourth-order valence-corrected chi connectivity index (χ4v) is 2.37. The number of fused-ring (bicyclic) bond motifs is 1. The highest BCUT2D eigenvalue weighted by atomic mass is 16.5. The van der Waals surface area contributed by atoms with Crippen LogP contribution >= 0.6 is 0 Å². The Morgan fingerprint density at radius 2 is 1.74 bits per heavy atom. The number of hydrogen-bond donors (Lipinski definition) is 0. The summed E-state index contributed by atoms with van der Waals surface area (Å²) in [5.41, 5.74) is 4.95. The largest absolute Gasteiger partial charge is 0.497 e. The fourth-order valence-electron chi connectivity index (χ4n) is 2.37. The third-order valence-corrected chi connectivity index (χ3v) is 3.37. The van der Waals surface area contributed by atoms with Gasteiger partial charge in [0.1, 0.15) is 12.8 Å². The molecule has 1 heterocycles. The summed E-state index contributed by atoms with van der Waals surface area (Å²) in [6.45, 7) is 0. The molecule has 2 aromatic rings. The van der Waals surface area contributed by atoms with Crippen molar-refractivity contribution in [1.82, 2.24) is 0 Å². The molecule has 2 heteroatoms. The Bertz CT molecular complexity index is 666. The molecule has 1 aliphatic heterocycles. The number of para-hydroxylation sites is 1. The van der Waals surface area contributed by atoms with Crippen LogP contribution in [0.3, 0.4) is 0 Å². The third kappa shape index (κ3) is 2.17. The molecule has 94 valence electrons. The predicted molar refractivity (Wildman–Crippen MR) is 79.2 cm³/mol. The number of benzene rings is 2. The Hall–Kier alpha value is -2.35. The zero-order chi connectivity index (χ0) is 13.2. The van der Waals surface area contributed by atoms with Gasteiger partial charge in [0, 0.05) is 6.07 Å². The third-order valence-electron chi connectivity index (χ3n) is 3.37. The molecule has 0 aromatic heterocycles. The molecular weight excluding hydrogens is 234 g/mol. The minimum Gasteiger partial charge on any atom is -0.497 e. The van der Waals surface area contributed by atoms with E-state index in [0.717, 1.165) is 5.75 Å². The van der Waals surface area contributed by atoms with E-state index in [0.29, 0.717) is 0 Å². The summed E-state index contributed by atoms with van der Waals surface area (Å²) < 4.78 is 7.33. The molecule has 0 unspecified atom stereocenters. The first-order chi connectivity index (χ1) is 9.28. The van der Waals surface area contributed by atoms with Crippen LogP contribution in [0.5, 0.6) is 5.75 Å². The van der Waals surface area contributed by atoms with Crippen LogP contribution in [-0.4, -0.2) is 24.9 Å². The summed E-state index contributed by atoms with van der Waals surface area (Å²) >= 11 is 0. The average Bonchev–Trinajstić information content (AvgIpc) is 2.77. The average molecular weight is 250 g/mol. The van der Waals surface area contributed by atoms with Gasteiger partial charge in [-0.2, -0.15) is 0 Å². The monoisotopic (exact) mass is 250 g/mol. The van der Waals surface area contributed by atoms with Gasteiger partial charge in [0.15, 0.2) is 6.21 Å². The summed E-state index contributed by atoms with van der Waals surface area (Å²) in [5, 5.41) is 0. The Balaban J connectivity index is 2.01. The fraction of sp³-hybridized carbons (Fsp3) is 0.118. The predicted octanol–water partition coefficient (Wildman–Crippen LogP) is 3.59. The highest BCUT2D eigenvalue weighted by molar-refractivity contribution is 6.17.